The number of hydrogen-bond donors (Lipinski definition) is 1. The number of aromatic nitrogens is 3. The van der Waals surface area contributed by atoms with Crippen molar-refractivity contribution in [3.63, 3.8) is 0 Å². The van der Waals surface area contributed by atoms with Crippen molar-refractivity contribution in [3.05, 3.63) is 74.6 Å². The highest BCUT2D eigenvalue weighted by atomic mass is 35.5. The smallest absolute Gasteiger partial charge is 0.305 e. The Morgan fingerprint density at radius 1 is 1.19 bits per heavy atom. The predicted octanol–water partition coefficient (Wildman–Crippen LogP) is 5.28. The number of benzene rings is 2. The standard InChI is InChI=1S/C20H18ClN3OS/c1-12(2)24-17-9-5-7-15(18(17)23-20(24)25)19-22-14(11-26-19)10-13-6-3-4-8-16(13)21/h3-9,11-12H,10H2,1-2H3,(H,23,25). The molecule has 4 aromatic rings. The number of imidazole rings is 1. The molecule has 1 N–H and O–H groups in total. The Hall–Kier alpha value is -2.37. The second kappa shape index (κ2) is 6.74. The van der Waals surface area contributed by atoms with Crippen molar-refractivity contribution < 1.29 is 0 Å². The van der Waals surface area contributed by atoms with Gasteiger partial charge in [0.2, 0.25) is 0 Å². The number of nitrogens with zero attached hydrogens (tertiary/aromatic N) is 2. The molecule has 4 rings (SSSR count). The Morgan fingerprint density at radius 3 is 2.77 bits per heavy atom. The second-order valence-electron chi connectivity index (χ2n) is 6.51. The Labute approximate surface area is 160 Å². The number of para-hydroxylation sites is 1. The van der Waals surface area contributed by atoms with Gasteiger partial charge in [-0.15, -0.1) is 11.3 Å². The summed E-state index contributed by atoms with van der Waals surface area (Å²) in [5.41, 5.74) is 4.64. The molecule has 26 heavy (non-hydrogen) atoms. The summed E-state index contributed by atoms with van der Waals surface area (Å²) in [7, 11) is 0. The zero-order valence-electron chi connectivity index (χ0n) is 14.5. The van der Waals surface area contributed by atoms with Crippen LogP contribution in [0.4, 0.5) is 0 Å². The van der Waals surface area contributed by atoms with Gasteiger partial charge in [0.15, 0.2) is 0 Å². The molecule has 0 saturated carbocycles. The predicted molar refractivity (Wildman–Crippen MR) is 108 cm³/mol. The van der Waals surface area contributed by atoms with Gasteiger partial charge >= 0.3 is 5.69 Å². The summed E-state index contributed by atoms with van der Waals surface area (Å²) < 4.78 is 1.77. The largest absolute Gasteiger partial charge is 0.326 e. The number of nitrogens with one attached hydrogen (secondary N) is 1. The van der Waals surface area contributed by atoms with Crippen LogP contribution < -0.4 is 5.69 Å². The number of aromatic amines is 1. The van der Waals surface area contributed by atoms with Crippen LogP contribution in [0.5, 0.6) is 0 Å². The van der Waals surface area contributed by atoms with Crippen LogP contribution in [0.25, 0.3) is 21.6 Å². The molecular weight excluding hydrogens is 366 g/mol. The summed E-state index contributed by atoms with van der Waals surface area (Å²) in [6, 6.07) is 13.9. The fraction of sp³-hybridized carbons (Fsp3) is 0.200. The lowest BCUT2D eigenvalue weighted by atomic mass is 10.1. The van der Waals surface area contributed by atoms with E-state index in [-0.39, 0.29) is 11.7 Å². The average Bonchev–Trinajstić information content (AvgIpc) is 3.20. The van der Waals surface area contributed by atoms with Gasteiger partial charge in [0.25, 0.3) is 0 Å². The van der Waals surface area contributed by atoms with Gasteiger partial charge in [-0.1, -0.05) is 35.9 Å². The molecule has 2 aromatic heterocycles. The highest BCUT2D eigenvalue weighted by Crippen LogP contribution is 2.31. The molecule has 0 aliphatic heterocycles. The summed E-state index contributed by atoms with van der Waals surface area (Å²) in [6.07, 6.45) is 0.690. The Balaban J connectivity index is 1.75. The molecule has 0 unspecified atom stereocenters. The molecule has 2 aromatic carbocycles. The minimum atomic E-state index is -0.0877. The fourth-order valence-electron chi connectivity index (χ4n) is 3.19. The third-order valence-corrected chi connectivity index (χ3v) is 5.67. The Bertz CT molecular complexity index is 1140. The first-order valence-electron chi connectivity index (χ1n) is 8.46. The van der Waals surface area contributed by atoms with Crippen molar-refractivity contribution in [2.24, 2.45) is 0 Å². The maximum Gasteiger partial charge on any atom is 0.326 e. The van der Waals surface area contributed by atoms with Crippen molar-refractivity contribution in [2.75, 3.05) is 0 Å². The van der Waals surface area contributed by atoms with E-state index in [1.165, 1.54) is 0 Å². The van der Waals surface area contributed by atoms with Crippen LogP contribution in [0.1, 0.15) is 31.1 Å². The van der Waals surface area contributed by atoms with E-state index in [0.29, 0.717) is 6.42 Å². The first kappa shape index (κ1) is 17.1. The molecule has 0 saturated heterocycles. The van der Waals surface area contributed by atoms with E-state index in [0.717, 1.165) is 37.9 Å². The summed E-state index contributed by atoms with van der Waals surface area (Å²) in [6.45, 7) is 4.01. The van der Waals surface area contributed by atoms with Crippen molar-refractivity contribution in [1.82, 2.24) is 14.5 Å². The molecule has 0 aliphatic rings. The normalized spacial score (nSPS) is 11.5. The molecule has 132 valence electrons. The van der Waals surface area contributed by atoms with E-state index in [1.54, 1.807) is 15.9 Å². The zero-order valence-corrected chi connectivity index (χ0v) is 16.1. The number of halogens is 1. The van der Waals surface area contributed by atoms with Crippen LogP contribution in [-0.4, -0.2) is 14.5 Å². The van der Waals surface area contributed by atoms with Gasteiger partial charge in [-0.25, -0.2) is 9.78 Å². The van der Waals surface area contributed by atoms with E-state index >= 15 is 0 Å². The molecular formula is C20H18ClN3OS. The maximum absolute atomic E-state index is 12.3. The quantitative estimate of drug-likeness (QED) is 0.521. The van der Waals surface area contributed by atoms with Crippen molar-refractivity contribution >= 4 is 34.0 Å². The number of H-pyrrole nitrogens is 1. The van der Waals surface area contributed by atoms with Crippen molar-refractivity contribution in [1.29, 1.82) is 0 Å². The van der Waals surface area contributed by atoms with Gasteiger partial charge in [0.05, 0.1) is 16.7 Å². The van der Waals surface area contributed by atoms with E-state index in [1.807, 2.05) is 56.3 Å². The molecule has 0 atom stereocenters. The third kappa shape index (κ3) is 2.97. The lowest BCUT2D eigenvalue weighted by Gasteiger charge is -2.07. The van der Waals surface area contributed by atoms with Gasteiger partial charge < -0.3 is 4.98 Å². The van der Waals surface area contributed by atoms with E-state index < -0.39 is 0 Å². The molecule has 4 nitrogen and oxygen atoms in total. The SMILES string of the molecule is CC(C)n1c(=O)[nH]c2c(-c3nc(Cc4ccccc4Cl)cs3)cccc21. The van der Waals surface area contributed by atoms with Gasteiger partial charge in [-0.3, -0.25) is 4.57 Å². The summed E-state index contributed by atoms with van der Waals surface area (Å²) in [5, 5.41) is 3.70. The summed E-state index contributed by atoms with van der Waals surface area (Å²) >= 11 is 7.84. The van der Waals surface area contributed by atoms with Crippen LogP contribution >= 0.6 is 22.9 Å². The number of rotatable bonds is 4. The lowest BCUT2D eigenvalue weighted by Crippen LogP contribution is -2.18. The van der Waals surface area contributed by atoms with Crippen LogP contribution in [0.3, 0.4) is 0 Å². The zero-order chi connectivity index (χ0) is 18.3. The number of fused-ring (bicyclic) bond motifs is 1. The van der Waals surface area contributed by atoms with E-state index in [9.17, 15) is 4.79 Å². The van der Waals surface area contributed by atoms with Gasteiger partial charge in [0, 0.05) is 28.4 Å². The first-order valence-corrected chi connectivity index (χ1v) is 9.72. The van der Waals surface area contributed by atoms with Gasteiger partial charge in [-0.2, -0.15) is 0 Å². The van der Waals surface area contributed by atoms with Gasteiger partial charge in [0.1, 0.15) is 5.01 Å². The van der Waals surface area contributed by atoms with Crippen LogP contribution in [0.15, 0.2) is 52.6 Å². The topological polar surface area (TPSA) is 50.7 Å². The Morgan fingerprint density at radius 2 is 2.00 bits per heavy atom. The first-order chi connectivity index (χ1) is 12.5. The fourth-order valence-corrected chi connectivity index (χ4v) is 4.24. The average molecular weight is 384 g/mol. The molecule has 0 spiro atoms. The minimum Gasteiger partial charge on any atom is -0.305 e. The van der Waals surface area contributed by atoms with Crippen molar-refractivity contribution in [2.45, 2.75) is 26.3 Å². The molecule has 0 amide bonds. The lowest BCUT2D eigenvalue weighted by molar-refractivity contribution is 0.598. The summed E-state index contributed by atoms with van der Waals surface area (Å²) in [5.74, 6) is 0. The minimum absolute atomic E-state index is 0.0877. The molecule has 0 radical (unpaired) electrons. The van der Waals surface area contributed by atoms with Crippen molar-refractivity contribution in [3.8, 4) is 10.6 Å². The van der Waals surface area contributed by atoms with Crippen LogP contribution in [0, 0.1) is 0 Å². The van der Waals surface area contributed by atoms with E-state index in [4.69, 9.17) is 16.6 Å². The number of hydrogen-bond acceptors (Lipinski definition) is 3. The molecule has 0 bridgehead atoms. The third-order valence-electron chi connectivity index (χ3n) is 4.38. The second-order valence-corrected chi connectivity index (χ2v) is 7.77. The maximum atomic E-state index is 12.3. The van der Waals surface area contributed by atoms with Crippen LogP contribution in [-0.2, 0) is 6.42 Å². The van der Waals surface area contributed by atoms with Gasteiger partial charge in [-0.05, 0) is 37.6 Å². The highest BCUT2D eigenvalue weighted by molar-refractivity contribution is 7.13. The molecule has 0 aliphatic carbocycles. The molecule has 2 heterocycles. The monoisotopic (exact) mass is 383 g/mol. The van der Waals surface area contributed by atoms with E-state index in [2.05, 4.69) is 10.4 Å². The molecule has 6 heteroatoms. The highest BCUT2D eigenvalue weighted by Gasteiger charge is 2.15. The molecule has 0 fully saturated rings. The Kier molecular flexibility index (Phi) is 4.42. The summed E-state index contributed by atoms with van der Waals surface area (Å²) in [4.78, 5) is 20.1. The van der Waals surface area contributed by atoms with Crippen LogP contribution in [0.2, 0.25) is 5.02 Å². The number of thiazole rings is 1.